The molecule has 94 valence electrons. The van der Waals surface area contributed by atoms with Crippen molar-refractivity contribution in [3.63, 3.8) is 0 Å². The van der Waals surface area contributed by atoms with Gasteiger partial charge in [0.15, 0.2) is 0 Å². The van der Waals surface area contributed by atoms with Gasteiger partial charge in [0.05, 0.1) is 0 Å². The van der Waals surface area contributed by atoms with Gasteiger partial charge in [-0.2, -0.15) is 0 Å². The van der Waals surface area contributed by atoms with Gasteiger partial charge in [-0.05, 0) is 36.6 Å². The molecule has 0 radical (unpaired) electrons. The molecule has 17 heavy (non-hydrogen) atoms. The highest BCUT2D eigenvalue weighted by Gasteiger charge is 2.25. The molecule has 2 rings (SSSR count). The molecule has 1 aromatic carbocycles. The molecule has 0 aliphatic carbocycles. The van der Waals surface area contributed by atoms with Crippen molar-refractivity contribution in [3.8, 4) is 0 Å². The summed E-state index contributed by atoms with van der Waals surface area (Å²) in [6, 6.07) is 9.00. The Kier molecular flexibility index (Phi) is 4.43. The molecule has 0 aromatic heterocycles. The van der Waals surface area contributed by atoms with Crippen LogP contribution in [0.15, 0.2) is 24.3 Å². The Morgan fingerprint density at radius 2 is 1.88 bits per heavy atom. The largest absolute Gasteiger partial charge is 0.371 e. The molecule has 2 nitrogen and oxygen atoms in total. The normalized spacial score (nSPS) is 16.0. The number of rotatable bonds is 6. The van der Waals surface area contributed by atoms with Crippen molar-refractivity contribution in [2.24, 2.45) is 5.92 Å². The SMILES string of the molecule is CCCC1CN(c2ccc(CNCC)cc2)C1. The second-order valence-corrected chi connectivity index (χ2v) is 5.01. The number of hydrogen-bond donors (Lipinski definition) is 1. The Bertz CT molecular complexity index is 325. The molecule has 1 heterocycles. The van der Waals surface area contributed by atoms with Crippen LogP contribution in [0.1, 0.15) is 32.3 Å². The van der Waals surface area contributed by atoms with Crippen LogP contribution in [0.25, 0.3) is 0 Å². The number of nitrogens with one attached hydrogen (secondary N) is 1. The van der Waals surface area contributed by atoms with Crippen molar-refractivity contribution in [2.45, 2.75) is 33.2 Å². The van der Waals surface area contributed by atoms with E-state index in [4.69, 9.17) is 0 Å². The van der Waals surface area contributed by atoms with Gasteiger partial charge < -0.3 is 10.2 Å². The highest BCUT2D eigenvalue weighted by atomic mass is 15.2. The molecule has 2 heteroatoms. The van der Waals surface area contributed by atoms with Crippen LogP contribution in [0.2, 0.25) is 0 Å². The van der Waals surface area contributed by atoms with E-state index in [1.807, 2.05) is 0 Å². The molecular formula is C15H24N2. The van der Waals surface area contributed by atoms with Crippen molar-refractivity contribution in [1.29, 1.82) is 0 Å². The van der Waals surface area contributed by atoms with Gasteiger partial charge in [0.2, 0.25) is 0 Å². The highest BCUT2D eigenvalue weighted by Crippen LogP contribution is 2.27. The molecule has 1 N–H and O–H groups in total. The first-order valence-corrected chi connectivity index (χ1v) is 6.88. The molecule has 0 amide bonds. The molecule has 0 saturated carbocycles. The second-order valence-electron chi connectivity index (χ2n) is 5.01. The summed E-state index contributed by atoms with van der Waals surface area (Å²) >= 11 is 0. The van der Waals surface area contributed by atoms with Crippen LogP contribution < -0.4 is 10.2 Å². The molecule has 1 fully saturated rings. The highest BCUT2D eigenvalue weighted by molar-refractivity contribution is 5.49. The zero-order chi connectivity index (χ0) is 12.1. The molecule has 0 spiro atoms. The van der Waals surface area contributed by atoms with E-state index in [1.165, 1.54) is 37.2 Å². The lowest BCUT2D eigenvalue weighted by Crippen LogP contribution is -2.46. The Hall–Kier alpha value is -1.02. The lowest BCUT2D eigenvalue weighted by atomic mass is 9.94. The van der Waals surface area contributed by atoms with Gasteiger partial charge in [-0.3, -0.25) is 0 Å². The van der Waals surface area contributed by atoms with Crippen LogP contribution >= 0.6 is 0 Å². The second kappa shape index (κ2) is 6.06. The van der Waals surface area contributed by atoms with E-state index < -0.39 is 0 Å². The number of benzene rings is 1. The maximum atomic E-state index is 3.35. The first-order chi connectivity index (χ1) is 8.33. The summed E-state index contributed by atoms with van der Waals surface area (Å²) < 4.78 is 0. The predicted octanol–water partition coefficient (Wildman–Crippen LogP) is 3.03. The van der Waals surface area contributed by atoms with E-state index >= 15 is 0 Å². The zero-order valence-corrected chi connectivity index (χ0v) is 11.1. The quantitative estimate of drug-likeness (QED) is 0.811. The van der Waals surface area contributed by atoms with Gasteiger partial charge in [-0.1, -0.05) is 32.4 Å². The third-order valence-electron chi connectivity index (χ3n) is 3.53. The van der Waals surface area contributed by atoms with Crippen LogP contribution in [0.3, 0.4) is 0 Å². The molecule has 1 saturated heterocycles. The lowest BCUT2D eigenvalue weighted by molar-refractivity contribution is 0.380. The summed E-state index contributed by atoms with van der Waals surface area (Å²) in [4.78, 5) is 2.48. The van der Waals surface area contributed by atoms with Crippen molar-refractivity contribution in [2.75, 3.05) is 24.5 Å². The first-order valence-electron chi connectivity index (χ1n) is 6.88. The molecule has 0 bridgehead atoms. The van der Waals surface area contributed by atoms with Crippen LogP contribution in [-0.4, -0.2) is 19.6 Å². The minimum absolute atomic E-state index is 0.932. The van der Waals surface area contributed by atoms with E-state index in [9.17, 15) is 0 Å². The lowest BCUT2D eigenvalue weighted by Gasteiger charge is -2.41. The van der Waals surface area contributed by atoms with Gasteiger partial charge in [0, 0.05) is 25.3 Å². The topological polar surface area (TPSA) is 15.3 Å². The molecule has 0 unspecified atom stereocenters. The first kappa shape index (κ1) is 12.4. The smallest absolute Gasteiger partial charge is 0.0366 e. The van der Waals surface area contributed by atoms with Crippen LogP contribution in [0, 0.1) is 5.92 Å². The van der Waals surface area contributed by atoms with E-state index in [-0.39, 0.29) is 0 Å². The molecule has 1 aliphatic heterocycles. The Balaban J connectivity index is 1.83. The number of anilines is 1. The summed E-state index contributed by atoms with van der Waals surface area (Å²) in [7, 11) is 0. The van der Waals surface area contributed by atoms with E-state index in [1.54, 1.807) is 0 Å². The maximum Gasteiger partial charge on any atom is 0.0366 e. The van der Waals surface area contributed by atoms with Crippen molar-refractivity contribution < 1.29 is 0 Å². The van der Waals surface area contributed by atoms with Crippen LogP contribution in [-0.2, 0) is 6.54 Å². The van der Waals surface area contributed by atoms with Crippen LogP contribution in [0.4, 0.5) is 5.69 Å². The molecular weight excluding hydrogens is 208 g/mol. The van der Waals surface area contributed by atoms with E-state index in [2.05, 4.69) is 48.3 Å². The average Bonchev–Trinajstić information content (AvgIpc) is 2.32. The van der Waals surface area contributed by atoms with Gasteiger partial charge in [0.1, 0.15) is 0 Å². The molecule has 0 atom stereocenters. The number of nitrogens with zero attached hydrogens (tertiary/aromatic N) is 1. The molecule has 1 aliphatic rings. The minimum atomic E-state index is 0.932. The monoisotopic (exact) mass is 232 g/mol. The van der Waals surface area contributed by atoms with Crippen molar-refractivity contribution >= 4 is 5.69 Å². The van der Waals surface area contributed by atoms with Gasteiger partial charge in [-0.25, -0.2) is 0 Å². The Morgan fingerprint density at radius 1 is 1.18 bits per heavy atom. The van der Waals surface area contributed by atoms with Gasteiger partial charge in [0.25, 0.3) is 0 Å². The standard InChI is InChI=1S/C15H24N2/c1-3-5-14-11-17(12-14)15-8-6-13(7-9-15)10-16-4-2/h6-9,14,16H,3-5,10-12H2,1-2H3. The van der Waals surface area contributed by atoms with E-state index in [0.29, 0.717) is 0 Å². The fourth-order valence-electron chi connectivity index (χ4n) is 2.47. The fourth-order valence-corrected chi connectivity index (χ4v) is 2.47. The fraction of sp³-hybridized carbons (Fsp3) is 0.600. The maximum absolute atomic E-state index is 3.35. The summed E-state index contributed by atoms with van der Waals surface area (Å²) in [6.07, 6.45) is 2.70. The predicted molar refractivity (Wildman–Crippen MR) is 74.4 cm³/mol. The van der Waals surface area contributed by atoms with E-state index in [0.717, 1.165) is 19.0 Å². The Morgan fingerprint density at radius 3 is 2.47 bits per heavy atom. The summed E-state index contributed by atoms with van der Waals surface area (Å²) in [5.74, 6) is 0.932. The minimum Gasteiger partial charge on any atom is -0.371 e. The summed E-state index contributed by atoms with van der Waals surface area (Å²) in [6.45, 7) is 8.93. The third kappa shape index (κ3) is 3.22. The van der Waals surface area contributed by atoms with Gasteiger partial charge in [-0.15, -0.1) is 0 Å². The molecule has 1 aromatic rings. The zero-order valence-electron chi connectivity index (χ0n) is 11.1. The summed E-state index contributed by atoms with van der Waals surface area (Å²) in [5, 5.41) is 3.35. The Labute approximate surface area is 105 Å². The number of hydrogen-bond acceptors (Lipinski definition) is 2. The van der Waals surface area contributed by atoms with Gasteiger partial charge >= 0.3 is 0 Å². The third-order valence-corrected chi connectivity index (χ3v) is 3.53. The van der Waals surface area contributed by atoms with Crippen LogP contribution in [0.5, 0.6) is 0 Å². The summed E-state index contributed by atoms with van der Waals surface area (Å²) in [5.41, 5.74) is 2.76. The van der Waals surface area contributed by atoms with Crippen molar-refractivity contribution in [3.05, 3.63) is 29.8 Å². The van der Waals surface area contributed by atoms with Crippen molar-refractivity contribution in [1.82, 2.24) is 5.32 Å². The average molecular weight is 232 g/mol.